The minimum Gasteiger partial charge on any atom is -0.508 e. The van der Waals surface area contributed by atoms with Crippen LogP contribution in [0.15, 0.2) is 109 Å². The Hall–Kier alpha value is -6.21. The van der Waals surface area contributed by atoms with Gasteiger partial charge in [0, 0.05) is 45.3 Å². The van der Waals surface area contributed by atoms with E-state index in [4.69, 9.17) is 10.5 Å². The van der Waals surface area contributed by atoms with Gasteiger partial charge >= 0.3 is 0 Å². The van der Waals surface area contributed by atoms with Crippen molar-refractivity contribution < 1.29 is 33.8 Å². The summed E-state index contributed by atoms with van der Waals surface area (Å²) >= 11 is 0. The van der Waals surface area contributed by atoms with E-state index in [-0.39, 0.29) is 42.9 Å². The molecule has 5 amide bonds. The van der Waals surface area contributed by atoms with Crippen LogP contribution in [0.25, 0.3) is 0 Å². The Kier molecular flexibility index (Phi) is 16.6. The molecule has 13 heteroatoms. The molecule has 0 aromatic heterocycles. The highest BCUT2D eigenvalue weighted by Crippen LogP contribution is 2.25. The summed E-state index contributed by atoms with van der Waals surface area (Å²) in [4.78, 5) is 68.4. The van der Waals surface area contributed by atoms with Crippen LogP contribution in [-0.2, 0) is 43.2 Å². The summed E-state index contributed by atoms with van der Waals surface area (Å²) in [5, 5.41) is 20.7. The van der Waals surface area contributed by atoms with Crippen molar-refractivity contribution in [2.45, 2.75) is 89.6 Å². The van der Waals surface area contributed by atoms with E-state index >= 15 is 0 Å². The van der Waals surface area contributed by atoms with Crippen LogP contribution in [0.3, 0.4) is 0 Å². The normalized spacial score (nSPS) is 15.2. The zero-order valence-electron chi connectivity index (χ0n) is 34.6. The van der Waals surface area contributed by atoms with Crippen molar-refractivity contribution in [2.75, 3.05) is 19.6 Å². The fraction of sp³-hybridized carbons (Fsp3) is 0.383. The van der Waals surface area contributed by atoms with E-state index in [1.807, 2.05) is 66.7 Å². The fourth-order valence-electron chi connectivity index (χ4n) is 7.14. The largest absolute Gasteiger partial charge is 0.508 e. The number of primary amides is 1. The molecule has 0 saturated carbocycles. The molecule has 0 unspecified atom stereocenters. The average Bonchev–Trinajstić information content (AvgIpc) is 3.24. The van der Waals surface area contributed by atoms with Crippen LogP contribution in [0.5, 0.6) is 11.5 Å². The van der Waals surface area contributed by atoms with Crippen molar-refractivity contribution in [1.82, 2.24) is 26.2 Å². The molecule has 0 bridgehead atoms. The Morgan fingerprint density at radius 1 is 0.683 bits per heavy atom. The van der Waals surface area contributed by atoms with E-state index < -0.39 is 47.8 Å². The molecular weight excluding hydrogens is 761 g/mol. The van der Waals surface area contributed by atoms with Gasteiger partial charge < -0.3 is 41.7 Å². The van der Waals surface area contributed by atoms with E-state index in [1.54, 1.807) is 26.0 Å². The topological polar surface area (TPSA) is 192 Å². The van der Waals surface area contributed by atoms with Gasteiger partial charge in [0.2, 0.25) is 29.5 Å². The highest BCUT2D eigenvalue weighted by atomic mass is 16.5. The number of amides is 5. The number of likely N-dealkylation sites (tertiary alicyclic amines) is 1. The maximum absolute atomic E-state index is 13.8. The van der Waals surface area contributed by atoms with Crippen molar-refractivity contribution in [2.24, 2.45) is 11.7 Å². The molecular formula is C47H58N6O7. The second-order valence-corrected chi connectivity index (χ2v) is 15.8. The maximum atomic E-state index is 13.8. The SMILES string of the molecule is CC(C)[C@H](NC(=O)CCN1CCC(Oc2ccccc2Cc2ccccc2)CC1)C(=O)N[C@@H](Cc1ccc(O)cc1)C(=O)N[C@@H](C)C(=O)N[C@H](Cc1ccccc1)C(N)=O. The third kappa shape index (κ3) is 14.0. The van der Waals surface area contributed by atoms with E-state index in [1.165, 1.54) is 24.6 Å². The number of ether oxygens (including phenoxy) is 1. The Bertz CT molecular complexity index is 2020. The first kappa shape index (κ1) is 44.9. The monoisotopic (exact) mass is 818 g/mol. The lowest BCUT2D eigenvalue weighted by atomic mass is 10.0. The lowest BCUT2D eigenvalue weighted by Crippen LogP contribution is -2.58. The summed E-state index contributed by atoms with van der Waals surface area (Å²) in [6.07, 6.45) is 2.88. The van der Waals surface area contributed by atoms with E-state index in [0.717, 1.165) is 49.2 Å². The highest BCUT2D eigenvalue weighted by Gasteiger charge is 2.31. The Morgan fingerprint density at radius 3 is 1.88 bits per heavy atom. The first-order chi connectivity index (χ1) is 28.8. The van der Waals surface area contributed by atoms with Gasteiger partial charge in [-0.25, -0.2) is 0 Å². The number of nitrogens with one attached hydrogen (secondary N) is 4. The third-order valence-electron chi connectivity index (χ3n) is 10.7. The summed E-state index contributed by atoms with van der Waals surface area (Å²) in [7, 11) is 0. The number of aromatic hydroxyl groups is 1. The molecule has 4 aromatic rings. The Morgan fingerprint density at radius 2 is 1.25 bits per heavy atom. The summed E-state index contributed by atoms with van der Waals surface area (Å²) in [5.41, 5.74) is 9.39. The third-order valence-corrected chi connectivity index (χ3v) is 10.7. The molecule has 4 atom stereocenters. The van der Waals surface area contributed by atoms with Gasteiger partial charge in [0.05, 0.1) is 0 Å². The Balaban J connectivity index is 1.13. The molecule has 0 spiro atoms. The molecule has 0 radical (unpaired) electrons. The van der Waals surface area contributed by atoms with Gasteiger partial charge in [-0.05, 0) is 66.1 Å². The molecule has 13 nitrogen and oxygen atoms in total. The smallest absolute Gasteiger partial charge is 0.243 e. The van der Waals surface area contributed by atoms with E-state index in [0.29, 0.717) is 12.1 Å². The number of carbonyl (C=O) groups excluding carboxylic acids is 5. The minimum absolute atomic E-state index is 0.0289. The molecule has 1 saturated heterocycles. The quantitative estimate of drug-likeness (QED) is 0.0776. The molecule has 318 valence electrons. The van der Waals surface area contributed by atoms with Crippen LogP contribution in [0.1, 0.15) is 62.3 Å². The van der Waals surface area contributed by atoms with Gasteiger partial charge in [-0.15, -0.1) is 0 Å². The van der Waals surface area contributed by atoms with Gasteiger partial charge in [0.1, 0.15) is 41.8 Å². The number of benzene rings is 4. The number of hydrogen-bond donors (Lipinski definition) is 6. The van der Waals surface area contributed by atoms with Gasteiger partial charge in [-0.3, -0.25) is 24.0 Å². The van der Waals surface area contributed by atoms with Crippen molar-refractivity contribution in [3.8, 4) is 11.5 Å². The number of phenolic OH excluding ortho intramolecular Hbond substituents is 1. The fourth-order valence-corrected chi connectivity index (χ4v) is 7.14. The number of rotatable bonds is 20. The number of nitrogens with two attached hydrogens (primary N) is 1. The molecule has 1 heterocycles. The van der Waals surface area contributed by atoms with Gasteiger partial charge in [-0.1, -0.05) is 105 Å². The summed E-state index contributed by atoms with van der Waals surface area (Å²) < 4.78 is 6.48. The number of para-hydroxylation sites is 1. The number of carbonyl (C=O) groups is 5. The standard InChI is InChI=1S/C47H58N6O7/c1-31(2)43(52-42(55)24-27-53-25-22-38(23-26-53)60-41-17-11-10-16-36(41)28-33-12-6-4-7-13-33)47(59)51-40(30-35-18-20-37(54)21-19-35)46(58)49-32(3)45(57)50-39(44(48)56)29-34-14-8-5-9-15-34/h4-21,31-32,38-40,43,54H,22-30H2,1-3H3,(H2,48,56)(H,49,58)(H,50,57)(H,51,59)(H,52,55)/t32-,39+,40-,43-/m0/s1. The van der Waals surface area contributed by atoms with Crippen LogP contribution >= 0.6 is 0 Å². The van der Waals surface area contributed by atoms with Crippen molar-refractivity contribution in [3.05, 3.63) is 131 Å². The van der Waals surface area contributed by atoms with Gasteiger partial charge in [0.15, 0.2) is 0 Å². The number of phenols is 1. The molecule has 4 aromatic carbocycles. The van der Waals surface area contributed by atoms with Crippen LogP contribution in [-0.4, -0.2) is 89.4 Å². The lowest BCUT2D eigenvalue weighted by Gasteiger charge is -2.32. The minimum atomic E-state index is -1.15. The van der Waals surface area contributed by atoms with Crippen LogP contribution in [0.4, 0.5) is 0 Å². The van der Waals surface area contributed by atoms with E-state index in [9.17, 15) is 29.1 Å². The summed E-state index contributed by atoms with van der Waals surface area (Å²) in [6, 6.07) is 29.5. The van der Waals surface area contributed by atoms with Crippen molar-refractivity contribution in [1.29, 1.82) is 0 Å². The zero-order valence-corrected chi connectivity index (χ0v) is 34.6. The molecule has 7 N–H and O–H groups in total. The number of hydrogen-bond acceptors (Lipinski definition) is 8. The predicted molar refractivity (Wildman–Crippen MR) is 230 cm³/mol. The van der Waals surface area contributed by atoms with Gasteiger partial charge in [0.25, 0.3) is 0 Å². The maximum Gasteiger partial charge on any atom is 0.243 e. The van der Waals surface area contributed by atoms with Crippen molar-refractivity contribution in [3.63, 3.8) is 0 Å². The average molecular weight is 819 g/mol. The molecule has 0 aliphatic carbocycles. The second-order valence-electron chi connectivity index (χ2n) is 15.8. The van der Waals surface area contributed by atoms with Crippen LogP contribution in [0.2, 0.25) is 0 Å². The highest BCUT2D eigenvalue weighted by molar-refractivity contribution is 5.95. The first-order valence-electron chi connectivity index (χ1n) is 20.7. The molecule has 1 fully saturated rings. The Labute approximate surface area is 352 Å². The first-order valence-corrected chi connectivity index (χ1v) is 20.7. The summed E-state index contributed by atoms with van der Waals surface area (Å²) in [5.74, 6) is -2.25. The summed E-state index contributed by atoms with van der Waals surface area (Å²) in [6.45, 7) is 7.13. The number of nitrogens with zero attached hydrogens (tertiary/aromatic N) is 1. The van der Waals surface area contributed by atoms with Crippen LogP contribution < -0.4 is 31.7 Å². The number of piperidine rings is 1. The van der Waals surface area contributed by atoms with Crippen molar-refractivity contribution >= 4 is 29.5 Å². The second kappa shape index (κ2) is 22.2. The zero-order chi connectivity index (χ0) is 43.0. The predicted octanol–water partition coefficient (Wildman–Crippen LogP) is 3.80. The lowest BCUT2D eigenvalue weighted by molar-refractivity contribution is -0.134. The molecule has 5 rings (SSSR count). The molecule has 1 aliphatic rings. The van der Waals surface area contributed by atoms with Gasteiger partial charge in [-0.2, -0.15) is 0 Å². The molecule has 1 aliphatic heterocycles. The molecule has 60 heavy (non-hydrogen) atoms. The van der Waals surface area contributed by atoms with E-state index in [2.05, 4.69) is 44.4 Å². The van der Waals surface area contributed by atoms with Crippen LogP contribution in [0, 0.1) is 5.92 Å².